The highest BCUT2D eigenvalue weighted by molar-refractivity contribution is 9.26. The first-order chi connectivity index (χ1) is 13.7. The van der Waals surface area contributed by atoms with Gasteiger partial charge in [0.15, 0.2) is 4.34 Å². The van der Waals surface area contributed by atoms with E-state index in [0.29, 0.717) is 0 Å². The second kappa shape index (κ2) is 11.3. The fourth-order valence-corrected chi connectivity index (χ4v) is 11.5. The molecule has 3 rings (SSSR count). The molecule has 0 amide bonds. The molecule has 0 aliphatic rings. The monoisotopic (exact) mass is 487 g/mol. The van der Waals surface area contributed by atoms with Crippen LogP contribution in [0.5, 0.6) is 0 Å². The van der Waals surface area contributed by atoms with Gasteiger partial charge >= 0.3 is 8.80 Å². The fourth-order valence-electron chi connectivity index (χ4n) is 2.62. The van der Waals surface area contributed by atoms with Gasteiger partial charge in [-0.3, -0.25) is 0 Å². The summed E-state index contributed by atoms with van der Waals surface area (Å²) in [4.78, 5) is 5.92. The van der Waals surface area contributed by atoms with Crippen LogP contribution in [0.2, 0.25) is 6.04 Å². The third-order valence-corrected chi connectivity index (χ3v) is 14.3. The predicted octanol–water partition coefficient (Wildman–Crippen LogP) is 6.81. The third kappa shape index (κ3) is 5.93. The largest absolute Gasteiger partial charge is 0.500 e. The van der Waals surface area contributed by atoms with Crippen LogP contribution < -0.4 is 0 Å². The van der Waals surface area contributed by atoms with Crippen molar-refractivity contribution in [3.63, 3.8) is 0 Å². The molecule has 150 valence electrons. The van der Waals surface area contributed by atoms with E-state index in [-0.39, 0.29) is 0 Å². The summed E-state index contributed by atoms with van der Waals surface area (Å²) in [5.74, 6) is 0. The number of fused-ring (bicyclic) bond motifs is 1. The molecule has 0 saturated carbocycles. The van der Waals surface area contributed by atoms with Gasteiger partial charge in [-0.15, -0.1) is 11.3 Å². The van der Waals surface area contributed by atoms with E-state index in [1.54, 1.807) is 73.9 Å². The molecule has 0 bridgehead atoms. The highest BCUT2D eigenvalue weighted by Gasteiger charge is 2.37. The minimum absolute atomic E-state index is 0.756. The molecule has 3 aromatic rings. The molecule has 0 atom stereocenters. The Kier molecular flexibility index (Phi) is 9.07. The molecule has 0 spiro atoms. The van der Waals surface area contributed by atoms with Crippen molar-refractivity contribution in [2.75, 3.05) is 21.3 Å². The summed E-state index contributed by atoms with van der Waals surface area (Å²) in [6.07, 6.45) is 0.862. The number of para-hydroxylation sites is 1. The number of thiazole rings is 1. The highest BCUT2D eigenvalue weighted by Crippen LogP contribution is 2.51. The zero-order chi connectivity index (χ0) is 19.8. The lowest BCUT2D eigenvalue weighted by Gasteiger charge is -2.24. The fraction of sp³-hybridized carbons (Fsp3) is 0.278. The predicted molar refractivity (Wildman–Crippen MR) is 128 cm³/mol. The Labute approximate surface area is 186 Å². The van der Waals surface area contributed by atoms with Crippen molar-refractivity contribution in [2.45, 2.75) is 21.7 Å². The average molecular weight is 488 g/mol. The van der Waals surface area contributed by atoms with E-state index >= 15 is 0 Å². The molecular weight excluding hydrogens is 467 g/mol. The molecule has 28 heavy (non-hydrogen) atoms. The quantitative estimate of drug-likeness (QED) is 0.166. The first-order valence-corrected chi connectivity index (χ1v) is 16.0. The van der Waals surface area contributed by atoms with E-state index in [2.05, 4.69) is 47.4 Å². The van der Waals surface area contributed by atoms with Crippen LogP contribution in [0.4, 0.5) is 0 Å². The third-order valence-electron chi connectivity index (χ3n) is 4.14. The van der Waals surface area contributed by atoms with Gasteiger partial charge in [-0.25, -0.2) is 4.98 Å². The molecule has 1 heterocycles. The minimum Gasteiger partial charge on any atom is -0.377 e. The van der Waals surface area contributed by atoms with Crippen LogP contribution >= 0.6 is 52.6 Å². The van der Waals surface area contributed by atoms with Gasteiger partial charge in [-0.05, 0) is 71.4 Å². The molecule has 0 unspecified atom stereocenters. The zero-order valence-corrected chi connectivity index (χ0v) is 20.8. The smallest absolute Gasteiger partial charge is 0.377 e. The van der Waals surface area contributed by atoms with Crippen molar-refractivity contribution >= 4 is 71.6 Å². The van der Waals surface area contributed by atoms with Gasteiger partial charge in [0.2, 0.25) is 0 Å². The van der Waals surface area contributed by atoms with Crippen LogP contribution in [0.3, 0.4) is 0 Å². The summed E-state index contributed by atoms with van der Waals surface area (Å²) in [6, 6.07) is 17.5. The Hall–Kier alpha value is -0.173. The SMILES string of the molecule is CO[Si](CCc1ccccc1SSSSc1nc2ccccc2s1)(OC)OC. The molecule has 4 nitrogen and oxygen atoms in total. The van der Waals surface area contributed by atoms with Crippen LogP contribution in [0, 0.1) is 0 Å². The van der Waals surface area contributed by atoms with Crippen LogP contribution in [0.25, 0.3) is 10.2 Å². The number of aromatic nitrogens is 1. The van der Waals surface area contributed by atoms with Crippen molar-refractivity contribution in [1.29, 1.82) is 0 Å². The minimum atomic E-state index is -2.55. The second-order valence-corrected chi connectivity index (χ2v) is 15.7. The summed E-state index contributed by atoms with van der Waals surface area (Å²) in [6.45, 7) is 0. The normalized spacial score (nSPS) is 12.0. The number of benzene rings is 2. The van der Waals surface area contributed by atoms with Gasteiger partial charge in [-0.2, -0.15) is 0 Å². The number of nitrogens with zero attached hydrogens (tertiary/aromatic N) is 1. The van der Waals surface area contributed by atoms with E-state index in [1.165, 1.54) is 15.2 Å². The van der Waals surface area contributed by atoms with Crippen LogP contribution in [0.15, 0.2) is 57.8 Å². The number of hydrogen-bond acceptors (Lipinski definition) is 9. The Morgan fingerprint density at radius 1 is 0.893 bits per heavy atom. The molecule has 10 heteroatoms. The summed E-state index contributed by atoms with van der Waals surface area (Å²) in [5.41, 5.74) is 2.36. The van der Waals surface area contributed by atoms with Gasteiger partial charge < -0.3 is 13.3 Å². The maximum atomic E-state index is 5.54. The van der Waals surface area contributed by atoms with Crippen LogP contribution in [-0.2, 0) is 19.7 Å². The summed E-state index contributed by atoms with van der Waals surface area (Å²) in [5, 5.41) is 0. The van der Waals surface area contributed by atoms with Crippen molar-refractivity contribution in [3.05, 3.63) is 54.1 Å². The average Bonchev–Trinajstić information content (AvgIpc) is 3.16. The Bertz CT molecular complexity index is 849. The summed E-state index contributed by atoms with van der Waals surface area (Å²) in [7, 11) is 9.41. The van der Waals surface area contributed by atoms with Crippen LogP contribution in [0.1, 0.15) is 5.56 Å². The molecule has 0 aliphatic heterocycles. The highest BCUT2D eigenvalue weighted by atomic mass is 33.7. The van der Waals surface area contributed by atoms with E-state index in [1.807, 2.05) is 6.07 Å². The number of aryl methyl sites for hydroxylation is 1. The number of hydrogen-bond donors (Lipinski definition) is 0. The zero-order valence-electron chi connectivity index (χ0n) is 15.7. The topological polar surface area (TPSA) is 40.6 Å². The maximum Gasteiger partial charge on any atom is 0.500 e. The second-order valence-electron chi connectivity index (χ2n) is 5.65. The summed E-state index contributed by atoms with van der Waals surface area (Å²) >= 11 is 1.74. The Morgan fingerprint density at radius 3 is 2.32 bits per heavy atom. The van der Waals surface area contributed by atoms with Gasteiger partial charge in [0, 0.05) is 32.3 Å². The van der Waals surface area contributed by atoms with Crippen LogP contribution in [-0.4, -0.2) is 35.1 Å². The molecule has 0 radical (unpaired) electrons. The van der Waals surface area contributed by atoms with E-state index in [0.717, 1.165) is 22.3 Å². The molecule has 0 fully saturated rings. The van der Waals surface area contributed by atoms with E-state index in [9.17, 15) is 0 Å². The molecule has 0 saturated heterocycles. The molecular formula is C18H21NO3S5Si. The van der Waals surface area contributed by atoms with Gasteiger partial charge in [0.05, 0.1) is 10.2 Å². The van der Waals surface area contributed by atoms with E-state index < -0.39 is 8.80 Å². The maximum absolute atomic E-state index is 5.54. The Morgan fingerprint density at radius 2 is 1.57 bits per heavy atom. The standard InChI is InChI=1S/C18H21NO3S5Si/c1-20-28(21-2,22-3)13-12-14-8-4-6-10-16(14)24-26-27-25-18-19-15-9-5-7-11-17(15)23-18/h4-11H,12-13H2,1-3H3. The molecule has 2 aromatic carbocycles. The van der Waals surface area contributed by atoms with E-state index in [4.69, 9.17) is 13.3 Å². The number of rotatable bonds is 11. The van der Waals surface area contributed by atoms with Gasteiger partial charge in [-0.1, -0.05) is 30.3 Å². The van der Waals surface area contributed by atoms with Crippen molar-refractivity contribution < 1.29 is 13.3 Å². The molecule has 1 aromatic heterocycles. The molecule has 0 N–H and O–H groups in total. The lowest BCUT2D eigenvalue weighted by Crippen LogP contribution is -2.43. The summed E-state index contributed by atoms with van der Waals surface area (Å²) < 4.78 is 18.9. The van der Waals surface area contributed by atoms with Crippen molar-refractivity contribution in [3.8, 4) is 0 Å². The van der Waals surface area contributed by atoms with Gasteiger partial charge in [0.1, 0.15) is 0 Å². The van der Waals surface area contributed by atoms with Crippen molar-refractivity contribution in [1.82, 2.24) is 4.98 Å². The first kappa shape index (κ1) is 22.5. The molecule has 0 aliphatic carbocycles. The lowest BCUT2D eigenvalue weighted by atomic mass is 10.2. The van der Waals surface area contributed by atoms with Gasteiger partial charge in [0.25, 0.3) is 0 Å². The lowest BCUT2D eigenvalue weighted by molar-refractivity contribution is 0.123. The van der Waals surface area contributed by atoms with Crippen molar-refractivity contribution in [2.24, 2.45) is 0 Å². The first-order valence-electron chi connectivity index (χ1n) is 8.46. The Balaban J connectivity index is 1.53.